The Bertz CT molecular complexity index is 639. The summed E-state index contributed by atoms with van der Waals surface area (Å²) in [5, 5.41) is 0.629. The van der Waals surface area contributed by atoms with E-state index < -0.39 is 0 Å². The molecule has 0 fully saturated rings. The van der Waals surface area contributed by atoms with Crippen molar-refractivity contribution in [1.82, 2.24) is 0 Å². The molecule has 0 saturated carbocycles. The van der Waals surface area contributed by atoms with E-state index in [1.54, 1.807) is 32.0 Å². The van der Waals surface area contributed by atoms with E-state index in [1.165, 1.54) is 12.1 Å². The van der Waals surface area contributed by atoms with Crippen molar-refractivity contribution in [1.29, 1.82) is 0 Å². The molecule has 98 valence electrons. The van der Waals surface area contributed by atoms with Crippen LogP contribution >= 0.6 is 11.6 Å². The summed E-state index contributed by atoms with van der Waals surface area (Å²) in [5.74, 6) is -0.423. The summed E-state index contributed by atoms with van der Waals surface area (Å²) in [7, 11) is 0. The molecule has 0 amide bonds. The van der Waals surface area contributed by atoms with Crippen molar-refractivity contribution in [2.24, 2.45) is 0 Å². The second kappa shape index (κ2) is 5.14. The SMILES string of the molecule is Cc1cc(C(=O)c2c(C)cc(F)cc2C)ccc1Cl. The smallest absolute Gasteiger partial charge is 0.193 e. The van der Waals surface area contributed by atoms with Crippen molar-refractivity contribution in [2.75, 3.05) is 0 Å². The number of halogens is 2. The maximum absolute atomic E-state index is 13.3. The Labute approximate surface area is 117 Å². The number of aryl methyl sites for hydroxylation is 3. The van der Waals surface area contributed by atoms with Gasteiger partial charge in [0.15, 0.2) is 5.78 Å². The number of benzene rings is 2. The largest absolute Gasteiger partial charge is 0.289 e. The zero-order valence-electron chi connectivity index (χ0n) is 11.1. The van der Waals surface area contributed by atoms with Gasteiger partial charge in [-0.25, -0.2) is 4.39 Å². The molecule has 0 N–H and O–H groups in total. The predicted octanol–water partition coefficient (Wildman–Crippen LogP) is 4.64. The number of hydrogen-bond acceptors (Lipinski definition) is 1. The number of carbonyl (C=O) groups is 1. The molecule has 0 aliphatic carbocycles. The quantitative estimate of drug-likeness (QED) is 0.731. The van der Waals surface area contributed by atoms with Gasteiger partial charge in [-0.05, 0) is 67.8 Å². The van der Waals surface area contributed by atoms with E-state index in [2.05, 4.69) is 0 Å². The van der Waals surface area contributed by atoms with Gasteiger partial charge in [0.25, 0.3) is 0 Å². The summed E-state index contributed by atoms with van der Waals surface area (Å²) >= 11 is 5.95. The number of rotatable bonds is 2. The molecule has 0 atom stereocenters. The van der Waals surface area contributed by atoms with E-state index in [-0.39, 0.29) is 11.6 Å². The predicted molar refractivity (Wildman–Crippen MR) is 75.5 cm³/mol. The van der Waals surface area contributed by atoms with Crippen LogP contribution in [-0.4, -0.2) is 5.78 Å². The average Bonchev–Trinajstić information content (AvgIpc) is 2.31. The monoisotopic (exact) mass is 276 g/mol. The summed E-state index contributed by atoms with van der Waals surface area (Å²) in [5.41, 5.74) is 3.28. The minimum atomic E-state index is -0.321. The van der Waals surface area contributed by atoms with Crippen molar-refractivity contribution >= 4 is 17.4 Å². The van der Waals surface area contributed by atoms with Crippen molar-refractivity contribution in [3.05, 3.63) is 69.0 Å². The Morgan fingerprint density at radius 3 is 2.11 bits per heavy atom. The van der Waals surface area contributed by atoms with Gasteiger partial charge in [-0.1, -0.05) is 11.6 Å². The van der Waals surface area contributed by atoms with Gasteiger partial charge in [0.2, 0.25) is 0 Å². The van der Waals surface area contributed by atoms with Crippen LogP contribution in [0.4, 0.5) is 4.39 Å². The molecule has 0 saturated heterocycles. The topological polar surface area (TPSA) is 17.1 Å². The van der Waals surface area contributed by atoms with Gasteiger partial charge in [0.1, 0.15) is 5.82 Å². The summed E-state index contributed by atoms with van der Waals surface area (Å²) < 4.78 is 13.3. The van der Waals surface area contributed by atoms with Crippen LogP contribution < -0.4 is 0 Å². The average molecular weight is 277 g/mol. The van der Waals surface area contributed by atoms with Gasteiger partial charge >= 0.3 is 0 Å². The molecule has 0 radical (unpaired) electrons. The summed E-state index contributed by atoms with van der Waals surface area (Å²) in [6.45, 7) is 5.33. The minimum absolute atomic E-state index is 0.102. The molecule has 0 bridgehead atoms. The van der Waals surface area contributed by atoms with E-state index in [4.69, 9.17) is 11.6 Å². The van der Waals surface area contributed by atoms with Crippen LogP contribution in [0.5, 0.6) is 0 Å². The van der Waals surface area contributed by atoms with Crippen LogP contribution in [0.1, 0.15) is 32.6 Å². The lowest BCUT2D eigenvalue weighted by Crippen LogP contribution is -2.07. The molecule has 0 heterocycles. The standard InChI is InChI=1S/C16H14ClFO/c1-9-6-12(4-5-14(9)17)16(19)15-10(2)7-13(18)8-11(15)3/h4-8H,1-3H3. The Balaban J connectivity index is 2.53. The van der Waals surface area contributed by atoms with Gasteiger partial charge in [0, 0.05) is 16.1 Å². The first kappa shape index (κ1) is 13.8. The van der Waals surface area contributed by atoms with Crippen LogP contribution in [-0.2, 0) is 0 Å². The molecular weight excluding hydrogens is 263 g/mol. The molecule has 0 spiro atoms. The van der Waals surface area contributed by atoms with E-state index in [1.807, 2.05) is 6.92 Å². The van der Waals surface area contributed by atoms with Gasteiger partial charge in [0.05, 0.1) is 0 Å². The highest BCUT2D eigenvalue weighted by atomic mass is 35.5. The summed E-state index contributed by atoms with van der Waals surface area (Å²) in [4.78, 5) is 12.5. The van der Waals surface area contributed by atoms with E-state index in [0.717, 1.165) is 5.56 Å². The summed E-state index contributed by atoms with van der Waals surface area (Å²) in [6, 6.07) is 7.91. The van der Waals surface area contributed by atoms with E-state index >= 15 is 0 Å². The highest BCUT2D eigenvalue weighted by Gasteiger charge is 2.16. The molecule has 2 rings (SSSR count). The lowest BCUT2D eigenvalue weighted by Gasteiger charge is -2.10. The van der Waals surface area contributed by atoms with Crippen molar-refractivity contribution in [3.8, 4) is 0 Å². The fourth-order valence-electron chi connectivity index (χ4n) is 2.20. The number of carbonyl (C=O) groups excluding carboxylic acids is 1. The number of hydrogen-bond donors (Lipinski definition) is 0. The third-order valence-corrected chi connectivity index (χ3v) is 3.57. The van der Waals surface area contributed by atoms with Gasteiger partial charge in [-0.15, -0.1) is 0 Å². The first-order valence-electron chi connectivity index (χ1n) is 5.97. The van der Waals surface area contributed by atoms with Crippen LogP contribution in [0.3, 0.4) is 0 Å². The Morgan fingerprint density at radius 2 is 1.58 bits per heavy atom. The van der Waals surface area contributed by atoms with Crippen LogP contribution in [0, 0.1) is 26.6 Å². The van der Waals surface area contributed by atoms with Crippen LogP contribution in [0.25, 0.3) is 0 Å². The zero-order valence-corrected chi connectivity index (χ0v) is 11.8. The van der Waals surface area contributed by atoms with E-state index in [0.29, 0.717) is 27.3 Å². The lowest BCUT2D eigenvalue weighted by molar-refractivity contribution is 0.103. The third-order valence-electron chi connectivity index (χ3n) is 3.14. The summed E-state index contributed by atoms with van der Waals surface area (Å²) in [6.07, 6.45) is 0. The molecule has 2 aromatic carbocycles. The highest BCUT2D eigenvalue weighted by Crippen LogP contribution is 2.22. The molecule has 0 aliphatic rings. The molecule has 19 heavy (non-hydrogen) atoms. The number of ketones is 1. The molecule has 0 aliphatic heterocycles. The van der Waals surface area contributed by atoms with Crippen LogP contribution in [0.15, 0.2) is 30.3 Å². The fourth-order valence-corrected chi connectivity index (χ4v) is 2.32. The molecule has 0 aromatic heterocycles. The van der Waals surface area contributed by atoms with Crippen molar-refractivity contribution in [3.63, 3.8) is 0 Å². The molecule has 1 nitrogen and oxygen atoms in total. The van der Waals surface area contributed by atoms with Gasteiger partial charge in [-0.2, -0.15) is 0 Å². The van der Waals surface area contributed by atoms with Crippen molar-refractivity contribution < 1.29 is 9.18 Å². The first-order chi connectivity index (χ1) is 8.90. The first-order valence-corrected chi connectivity index (χ1v) is 6.35. The second-order valence-electron chi connectivity index (χ2n) is 4.71. The minimum Gasteiger partial charge on any atom is -0.289 e. The molecule has 2 aromatic rings. The molecule has 3 heteroatoms. The maximum Gasteiger partial charge on any atom is 0.193 e. The van der Waals surface area contributed by atoms with Gasteiger partial charge in [-0.3, -0.25) is 4.79 Å². The second-order valence-corrected chi connectivity index (χ2v) is 5.11. The Morgan fingerprint density at radius 1 is 1.00 bits per heavy atom. The van der Waals surface area contributed by atoms with E-state index in [9.17, 15) is 9.18 Å². The van der Waals surface area contributed by atoms with Gasteiger partial charge < -0.3 is 0 Å². The normalized spacial score (nSPS) is 10.6. The molecular formula is C16H14ClFO. The highest BCUT2D eigenvalue weighted by molar-refractivity contribution is 6.31. The van der Waals surface area contributed by atoms with Crippen LogP contribution in [0.2, 0.25) is 5.02 Å². The molecule has 0 unspecified atom stereocenters. The Kier molecular flexibility index (Phi) is 3.72. The Hall–Kier alpha value is -1.67. The zero-order chi connectivity index (χ0) is 14.2. The fraction of sp³-hybridized carbons (Fsp3) is 0.188. The lowest BCUT2D eigenvalue weighted by atomic mass is 9.94. The van der Waals surface area contributed by atoms with Crippen molar-refractivity contribution in [2.45, 2.75) is 20.8 Å². The third kappa shape index (κ3) is 2.69. The maximum atomic E-state index is 13.3.